The van der Waals surface area contributed by atoms with Gasteiger partial charge in [0.25, 0.3) is 0 Å². The van der Waals surface area contributed by atoms with E-state index < -0.39 is 0 Å². The molecule has 0 radical (unpaired) electrons. The summed E-state index contributed by atoms with van der Waals surface area (Å²) in [6, 6.07) is 10.0. The van der Waals surface area contributed by atoms with Crippen molar-refractivity contribution in [2.45, 2.75) is 25.9 Å². The largest absolute Gasteiger partial charge is 0.348 e. The van der Waals surface area contributed by atoms with E-state index in [0.717, 1.165) is 5.69 Å². The number of nitrogens with one attached hydrogen (secondary N) is 1. The molecule has 0 aliphatic rings. The van der Waals surface area contributed by atoms with Crippen molar-refractivity contribution in [3.8, 4) is 0 Å². The summed E-state index contributed by atoms with van der Waals surface area (Å²) in [5.74, 6) is 0.0289. The van der Waals surface area contributed by atoms with Gasteiger partial charge >= 0.3 is 0 Å². The highest BCUT2D eigenvalue weighted by atomic mass is 32.1. The topological polar surface area (TPSA) is 45.2 Å². The van der Waals surface area contributed by atoms with Crippen molar-refractivity contribution in [1.82, 2.24) is 15.2 Å². The third-order valence-electron chi connectivity index (χ3n) is 3.52. The fourth-order valence-electron chi connectivity index (χ4n) is 2.11. The second-order valence-electron chi connectivity index (χ2n) is 5.15. The molecule has 0 unspecified atom stereocenters. The molecule has 2 aromatic rings. The van der Waals surface area contributed by atoms with Crippen LogP contribution in [-0.4, -0.2) is 29.4 Å². The number of pyridine rings is 1. The van der Waals surface area contributed by atoms with E-state index in [1.807, 2.05) is 54.6 Å². The fourth-order valence-corrected chi connectivity index (χ4v) is 2.84. The number of amides is 1. The highest BCUT2D eigenvalue weighted by Crippen LogP contribution is 2.19. The Labute approximate surface area is 129 Å². The van der Waals surface area contributed by atoms with Crippen LogP contribution in [-0.2, 0) is 4.79 Å². The zero-order valence-electron chi connectivity index (χ0n) is 12.6. The molecule has 0 bridgehead atoms. The molecule has 0 saturated heterocycles. The number of hydrogen-bond acceptors (Lipinski definition) is 4. The molecular formula is C16H21N3OS. The Morgan fingerprint density at radius 2 is 2.14 bits per heavy atom. The van der Waals surface area contributed by atoms with Crippen molar-refractivity contribution < 1.29 is 4.79 Å². The number of thiophene rings is 1. The van der Waals surface area contributed by atoms with Crippen LogP contribution in [0.1, 0.15) is 36.5 Å². The first-order valence-electron chi connectivity index (χ1n) is 7.02. The number of carbonyl (C=O) groups excluding carboxylic acids is 1. The zero-order chi connectivity index (χ0) is 15.2. The minimum Gasteiger partial charge on any atom is -0.348 e. The predicted octanol–water partition coefficient (Wildman–Crippen LogP) is 3.01. The summed E-state index contributed by atoms with van der Waals surface area (Å²) in [6.45, 7) is 4.41. The highest BCUT2D eigenvalue weighted by molar-refractivity contribution is 7.10. The van der Waals surface area contributed by atoms with Crippen molar-refractivity contribution >= 4 is 17.2 Å². The van der Waals surface area contributed by atoms with Crippen LogP contribution >= 0.6 is 11.3 Å². The number of hydrogen-bond donors (Lipinski definition) is 1. The van der Waals surface area contributed by atoms with Gasteiger partial charge in [-0.05, 0) is 44.5 Å². The summed E-state index contributed by atoms with van der Waals surface area (Å²) in [5, 5.41) is 5.05. The van der Waals surface area contributed by atoms with Crippen molar-refractivity contribution in [1.29, 1.82) is 0 Å². The van der Waals surface area contributed by atoms with Crippen LogP contribution in [0.3, 0.4) is 0 Å². The lowest BCUT2D eigenvalue weighted by Crippen LogP contribution is -2.37. The lowest BCUT2D eigenvalue weighted by Gasteiger charge is -2.24. The van der Waals surface area contributed by atoms with Crippen molar-refractivity contribution in [3.05, 3.63) is 52.5 Å². The minimum atomic E-state index is 0.0289. The van der Waals surface area contributed by atoms with Crippen LogP contribution in [0.2, 0.25) is 0 Å². The van der Waals surface area contributed by atoms with Gasteiger partial charge in [-0.15, -0.1) is 11.3 Å². The van der Waals surface area contributed by atoms with Gasteiger partial charge in [-0.25, -0.2) is 0 Å². The molecule has 2 heterocycles. The summed E-state index contributed by atoms with van der Waals surface area (Å²) >= 11 is 1.66. The smallest absolute Gasteiger partial charge is 0.234 e. The third-order valence-corrected chi connectivity index (χ3v) is 4.57. The van der Waals surface area contributed by atoms with Gasteiger partial charge in [-0.2, -0.15) is 0 Å². The van der Waals surface area contributed by atoms with Crippen LogP contribution < -0.4 is 5.32 Å². The van der Waals surface area contributed by atoms with Crippen LogP contribution in [0.4, 0.5) is 0 Å². The minimum absolute atomic E-state index is 0.0289. The van der Waals surface area contributed by atoms with Crippen LogP contribution in [0.5, 0.6) is 0 Å². The maximum Gasteiger partial charge on any atom is 0.234 e. The van der Waals surface area contributed by atoms with Crippen LogP contribution in [0.15, 0.2) is 41.9 Å². The normalized spacial score (nSPS) is 13.9. The first kappa shape index (κ1) is 15.7. The summed E-state index contributed by atoms with van der Waals surface area (Å²) < 4.78 is 0. The monoisotopic (exact) mass is 303 g/mol. The maximum absolute atomic E-state index is 12.1. The summed E-state index contributed by atoms with van der Waals surface area (Å²) in [6.07, 6.45) is 1.78. The van der Waals surface area contributed by atoms with Crippen LogP contribution in [0, 0.1) is 0 Å². The standard InChI is InChI=1S/C16H21N3OS/c1-12(15-8-6-10-21-15)18-16(20)11-19(3)13(2)14-7-4-5-9-17-14/h4-10,12-13H,11H2,1-3H3,(H,18,20)/t12-,13-/m0/s1. The van der Waals surface area contributed by atoms with E-state index >= 15 is 0 Å². The van der Waals surface area contributed by atoms with E-state index in [0.29, 0.717) is 6.54 Å². The average Bonchev–Trinajstić information content (AvgIpc) is 3.01. The number of carbonyl (C=O) groups is 1. The summed E-state index contributed by atoms with van der Waals surface area (Å²) in [7, 11) is 1.94. The average molecular weight is 303 g/mol. The Morgan fingerprint density at radius 3 is 2.76 bits per heavy atom. The quantitative estimate of drug-likeness (QED) is 0.892. The molecule has 1 N–H and O–H groups in total. The molecule has 1 amide bonds. The second kappa shape index (κ2) is 7.33. The molecule has 0 saturated carbocycles. The molecule has 5 heteroatoms. The molecular weight excluding hydrogens is 282 g/mol. The molecule has 2 aromatic heterocycles. The van der Waals surface area contributed by atoms with Gasteiger partial charge < -0.3 is 5.32 Å². The Bertz CT molecular complexity index is 556. The summed E-state index contributed by atoms with van der Waals surface area (Å²) in [5.41, 5.74) is 0.971. The third kappa shape index (κ3) is 4.37. The maximum atomic E-state index is 12.1. The first-order valence-corrected chi connectivity index (χ1v) is 7.90. The van der Waals surface area contributed by atoms with Crippen molar-refractivity contribution in [2.24, 2.45) is 0 Å². The SMILES string of the molecule is C[C@H](NC(=O)CN(C)[C@@H](C)c1ccccn1)c1cccs1. The van der Waals surface area contributed by atoms with Gasteiger partial charge in [0.15, 0.2) is 0 Å². The number of rotatable bonds is 6. The van der Waals surface area contributed by atoms with E-state index in [2.05, 4.69) is 17.2 Å². The number of nitrogens with zero attached hydrogens (tertiary/aromatic N) is 2. The highest BCUT2D eigenvalue weighted by Gasteiger charge is 2.17. The van der Waals surface area contributed by atoms with E-state index in [4.69, 9.17) is 0 Å². The van der Waals surface area contributed by atoms with Gasteiger partial charge in [0.1, 0.15) is 0 Å². The molecule has 2 atom stereocenters. The molecule has 4 nitrogen and oxygen atoms in total. The van der Waals surface area contributed by atoms with E-state index in [1.54, 1.807) is 17.5 Å². The van der Waals surface area contributed by atoms with Crippen molar-refractivity contribution in [2.75, 3.05) is 13.6 Å². The van der Waals surface area contributed by atoms with Gasteiger partial charge in [-0.1, -0.05) is 12.1 Å². The van der Waals surface area contributed by atoms with Gasteiger partial charge in [-0.3, -0.25) is 14.7 Å². The van der Waals surface area contributed by atoms with Gasteiger partial charge in [0, 0.05) is 17.1 Å². The Hall–Kier alpha value is -1.72. The first-order chi connectivity index (χ1) is 10.1. The number of likely N-dealkylation sites (N-methyl/N-ethyl adjacent to an activating group) is 1. The molecule has 0 fully saturated rings. The summed E-state index contributed by atoms with van der Waals surface area (Å²) in [4.78, 5) is 19.6. The Balaban J connectivity index is 1.87. The Kier molecular flexibility index (Phi) is 5.47. The molecule has 0 spiro atoms. The van der Waals surface area contributed by atoms with E-state index in [-0.39, 0.29) is 18.0 Å². The molecule has 0 aromatic carbocycles. The Morgan fingerprint density at radius 1 is 1.33 bits per heavy atom. The second-order valence-corrected chi connectivity index (χ2v) is 6.13. The molecule has 2 rings (SSSR count). The van der Waals surface area contributed by atoms with Crippen LogP contribution in [0.25, 0.3) is 0 Å². The van der Waals surface area contributed by atoms with E-state index in [1.165, 1.54) is 4.88 Å². The number of aromatic nitrogens is 1. The van der Waals surface area contributed by atoms with Gasteiger partial charge in [0.05, 0.1) is 18.3 Å². The lowest BCUT2D eigenvalue weighted by atomic mass is 10.2. The molecule has 0 aliphatic carbocycles. The lowest BCUT2D eigenvalue weighted by molar-refractivity contribution is -0.123. The fraction of sp³-hybridized carbons (Fsp3) is 0.375. The van der Waals surface area contributed by atoms with Gasteiger partial charge in [0.2, 0.25) is 5.91 Å². The zero-order valence-corrected chi connectivity index (χ0v) is 13.4. The van der Waals surface area contributed by atoms with E-state index in [9.17, 15) is 4.79 Å². The van der Waals surface area contributed by atoms with Crippen molar-refractivity contribution in [3.63, 3.8) is 0 Å². The molecule has 112 valence electrons. The molecule has 0 aliphatic heterocycles. The predicted molar refractivity (Wildman–Crippen MR) is 86.2 cm³/mol. The molecule has 21 heavy (non-hydrogen) atoms.